The van der Waals surface area contributed by atoms with Gasteiger partial charge in [-0.05, 0) is 46.4 Å². The predicted molar refractivity (Wildman–Crippen MR) is 139 cm³/mol. The Hall–Kier alpha value is -4.06. The highest BCUT2D eigenvalue weighted by Crippen LogP contribution is 2.42. The van der Waals surface area contributed by atoms with Crippen molar-refractivity contribution in [3.63, 3.8) is 0 Å². The number of hydrogen-bond acceptors (Lipinski definition) is 5. The fraction of sp³-hybridized carbons (Fsp3) is 0.267. The van der Waals surface area contributed by atoms with Crippen molar-refractivity contribution in [1.82, 2.24) is 4.90 Å². The fourth-order valence-electron chi connectivity index (χ4n) is 4.51. The van der Waals surface area contributed by atoms with Gasteiger partial charge in [-0.1, -0.05) is 69.3 Å². The Kier molecular flexibility index (Phi) is 6.88. The minimum atomic E-state index is -0.768. The molecule has 1 aliphatic rings. The molecule has 0 radical (unpaired) electrons. The van der Waals surface area contributed by atoms with Gasteiger partial charge >= 0.3 is 0 Å². The van der Waals surface area contributed by atoms with E-state index in [1.807, 2.05) is 48.5 Å². The summed E-state index contributed by atoms with van der Waals surface area (Å²) in [5.41, 5.74) is 3.01. The number of para-hydroxylation sites is 1. The number of amides is 1. The summed E-state index contributed by atoms with van der Waals surface area (Å²) in [6.45, 7) is 6.55. The molecule has 0 aromatic heterocycles. The molecular formula is C30H31NO5. The molecule has 0 bridgehead atoms. The van der Waals surface area contributed by atoms with Gasteiger partial charge in [0.2, 0.25) is 0 Å². The number of benzene rings is 3. The maximum Gasteiger partial charge on any atom is 0.295 e. The Morgan fingerprint density at radius 3 is 2.25 bits per heavy atom. The standard InChI is InChI=1S/C30H31NO5/c1-30(2,3)21-15-13-20(14-16-21)26-25(27(32)23-11-6-7-12-24(23)36-5)28(33)29(34)31(26)18-19-9-8-10-22(17-19)35-4/h6-17,26,32H,18H2,1-5H3/b27-25-. The van der Waals surface area contributed by atoms with E-state index in [0.29, 0.717) is 17.1 Å². The second kappa shape index (κ2) is 9.90. The number of likely N-dealkylation sites (tertiary alicyclic amines) is 1. The molecular weight excluding hydrogens is 454 g/mol. The summed E-state index contributed by atoms with van der Waals surface area (Å²) in [5.74, 6) is -0.589. The van der Waals surface area contributed by atoms with Crippen LogP contribution in [0.15, 0.2) is 78.4 Å². The zero-order valence-corrected chi connectivity index (χ0v) is 21.2. The van der Waals surface area contributed by atoms with Crippen molar-refractivity contribution < 1.29 is 24.2 Å². The lowest BCUT2D eigenvalue weighted by atomic mass is 9.85. The third-order valence-corrected chi connectivity index (χ3v) is 6.48. The second-order valence-electron chi connectivity index (χ2n) is 9.85. The normalized spacial score (nSPS) is 17.4. The van der Waals surface area contributed by atoms with Crippen LogP contribution in [0.1, 0.15) is 49.1 Å². The van der Waals surface area contributed by atoms with Gasteiger partial charge in [-0.3, -0.25) is 9.59 Å². The molecule has 1 unspecified atom stereocenters. The van der Waals surface area contributed by atoms with E-state index >= 15 is 0 Å². The van der Waals surface area contributed by atoms with Gasteiger partial charge in [-0.2, -0.15) is 0 Å². The maximum absolute atomic E-state index is 13.4. The van der Waals surface area contributed by atoms with Crippen LogP contribution < -0.4 is 9.47 Å². The van der Waals surface area contributed by atoms with Gasteiger partial charge in [-0.25, -0.2) is 0 Å². The number of aliphatic hydroxyl groups is 1. The molecule has 186 valence electrons. The average molecular weight is 486 g/mol. The number of hydrogen-bond donors (Lipinski definition) is 1. The largest absolute Gasteiger partial charge is 0.507 e. The van der Waals surface area contributed by atoms with Gasteiger partial charge in [0.25, 0.3) is 11.7 Å². The Morgan fingerprint density at radius 2 is 1.61 bits per heavy atom. The Labute approximate surface area is 211 Å². The minimum absolute atomic E-state index is 0.0379. The van der Waals surface area contributed by atoms with E-state index in [4.69, 9.17) is 9.47 Å². The first-order valence-electron chi connectivity index (χ1n) is 11.8. The van der Waals surface area contributed by atoms with Crippen LogP contribution >= 0.6 is 0 Å². The van der Waals surface area contributed by atoms with Crippen molar-refractivity contribution in [2.45, 2.75) is 38.8 Å². The summed E-state index contributed by atoms with van der Waals surface area (Å²) in [7, 11) is 3.07. The van der Waals surface area contributed by atoms with E-state index in [9.17, 15) is 14.7 Å². The predicted octanol–water partition coefficient (Wildman–Crippen LogP) is 5.62. The quantitative estimate of drug-likeness (QED) is 0.278. The lowest BCUT2D eigenvalue weighted by Crippen LogP contribution is -2.29. The van der Waals surface area contributed by atoms with Crippen LogP contribution in [0, 0.1) is 0 Å². The second-order valence-corrected chi connectivity index (χ2v) is 9.85. The molecule has 1 heterocycles. The number of aliphatic hydroxyl groups excluding tert-OH is 1. The summed E-state index contributed by atoms with van der Waals surface area (Å²) in [5, 5.41) is 11.4. The SMILES string of the molecule is COc1cccc(CN2C(=O)C(=O)/C(=C(\O)c3ccccc3OC)C2c2ccc(C(C)(C)C)cc2)c1. The van der Waals surface area contributed by atoms with Crippen LogP contribution in [-0.4, -0.2) is 35.9 Å². The Morgan fingerprint density at radius 1 is 0.917 bits per heavy atom. The molecule has 1 saturated heterocycles. The summed E-state index contributed by atoms with van der Waals surface area (Å²) in [4.78, 5) is 28.2. The van der Waals surface area contributed by atoms with Crippen molar-refractivity contribution in [2.75, 3.05) is 14.2 Å². The smallest absolute Gasteiger partial charge is 0.295 e. The van der Waals surface area contributed by atoms with E-state index in [1.54, 1.807) is 31.4 Å². The highest BCUT2D eigenvalue weighted by Gasteiger charge is 2.46. The fourth-order valence-corrected chi connectivity index (χ4v) is 4.51. The van der Waals surface area contributed by atoms with Gasteiger partial charge in [0, 0.05) is 6.54 Å². The molecule has 3 aromatic carbocycles. The third-order valence-electron chi connectivity index (χ3n) is 6.48. The van der Waals surface area contributed by atoms with Crippen molar-refractivity contribution in [1.29, 1.82) is 0 Å². The van der Waals surface area contributed by atoms with E-state index in [0.717, 1.165) is 16.7 Å². The van der Waals surface area contributed by atoms with Crippen LogP contribution in [0.4, 0.5) is 0 Å². The zero-order valence-electron chi connectivity index (χ0n) is 21.2. The zero-order chi connectivity index (χ0) is 26.0. The summed E-state index contributed by atoms with van der Waals surface area (Å²) < 4.78 is 10.7. The first-order valence-corrected chi connectivity index (χ1v) is 11.8. The summed E-state index contributed by atoms with van der Waals surface area (Å²) in [6, 6.07) is 21.4. The molecule has 1 N–H and O–H groups in total. The Balaban J connectivity index is 1.88. The van der Waals surface area contributed by atoms with Crippen molar-refractivity contribution in [3.8, 4) is 11.5 Å². The molecule has 1 aliphatic heterocycles. The van der Waals surface area contributed by atoms with Gasteiger partial charge in [0.1, 0.15) is 17.3 Å². The van der Waals surface area contributed by atoms with Crippen LogP contribution in [-0.2, 0) is 21.5 Å². The number of Topliss-reactive ketones (excluding diaryl/α,β-unsaturated/α-hetero) is 1. The lowest BCUT2D eigenvalue weighted by Gasteiger charge is -2.27. The molecule has 3 aromatic rings. The third kappa shape index (κ3) is 4.71. The molecule has 36 heavy (non-hydrogen) atoms. The number of rotatable bonds is 6. The minimum Gasteiger partial charge on any atom is -0.507 e. The van der Waals surface area contributed by atoms with Crippen molar-refractivity contribution in [2.24, 2.45) is 0 Å². The van der Waals surface area contributed by atoms with Crippen LogP contribution in [0.3, 0.4) is 0 Å². The monoisotopic (exact) mass is 485 g/mol. The molecule has 1 fully saturated rings. The van der Waals surface area contributed by atoms with E-state index in [2.05, 4.69) is 20.8 Å². The number of ether oxygens (including phenoxy) is 2. The lowest BCUT2D eigenvalue weighted by molar-refractivity contribution is -0.140. The molecule has 1 amide bonds. The molecule has 1 atom stereocenters. The van der Waals surface area contributed by atoms with Gasteiger partial charge in [-0.15, -0.1) is 0 Å². The van der Waals surface area contributed by atoms with Gasteiger partial charge in [0.15, 0.2) is 0 Å². The Bertz CT molecular complexity index is 1320. The first-order chi connectivity index (χ1) is 17.2. The number of nitrogens with zero attached hydrogens (tertiary/aromatic N) is 1. The van der Waals surface area contributed by atoms with Crippen LogP contribution in [0.2, 0.25) is 0 Å². The summed E-state index contributed by atoms with van der Waals surface area (Å²) >= 11 is 0. The van der Waals surface area contributed by atoms with Crippen molar-refractivity contribution >= 4 is 17.4 Å². The highest BCUT2D eigenvalue weighted by molar-refractivity contribution is 6.46. The molecule has 0 aliphatic carbocycles. The first kappa shape index (κ1) is 25.0. The molecule has 6 heteroatoms. The van der Waals surface area contributed by atoms with Crippen molar-refractivity contribution in [3.05, 3.63) is 101 Å². The maximum atomic E-state index is 13.4. The number of carbonyl (C=O) groups excluding carboxylic acids is 2. The molecule has 0 saturated carbocycles. The van der Waals surface area contributed by atoms with Gasteiger partial charge < -0.3 is 19.5 Å². The topological polar surface area (TPSA) is 76.1 Å². The molecule has 0 spiro atoms. The number of methoxy groups -OCH3 is 2. The molecule has 4 rings (SSSR count). The van der Waals surface area contributed by atoms with Crippen LogP contribution in [0.25, 0.3) is 5.76 Å². The van der Waals surface area contributed by atoms with E-state index in [1.165, 1.54) is 12.0 Å². The number of ketones is 1. The van der Waals surface area contributed by atoms with Crippen LogP contribution in [0.5, 0.6) is 11.5 Å². The number of carbonyl (C=O) groups is 2. The van der Waals surface area contributed by atoms with E-state index < -0.39 is 17.7 Å². The summed E-state index contributed by atoms with van der Waals surface area (Å²) in [6.07, 6.45) is 0. The molecule has 6 nitrogen and oxygen atoms in total. The van der Waals surface area contributed by atoms with E-state index in [-0.39, 0.29) is 23.3 Å². The average Bonchev–Trinajstić information content (AvgIpc) is 3.12. The highest BCUT2D eigenvalue weighted by atomic mass is 16.5. The van der Waals surface area contributed by atoms with Gasteiger partial charge in [0.05, 0.1) is 31.4 Å².